The quantitative estimate of drug-likeness (QED) is 0.389. The van der Waals surface area contributed by atoms with E-state index in [1.807, 2.05) is 19.1 Å². The summed E-state index contributed by atoms with van der Waals surface area (Å²) in [7, 11) is 1.48. The fourth-order valence-corrected chi connectivity index (χ4v) is 4.24. The minimum absolute atomic E-state index is 0.0910. The lowest BCUT2D eigenvalue weighted by Crippen LogP contribution is -2.99. The highest BCUT2D eigenvalue weighted by atomic mass is 16.8. The first-order chi connectivity index (χ1) is 16.6. The van der Waals surface area contributed by atoms with Crippen LogP contribution in [0.3, 0.4) is 0 Å². The maximum absolute atomic E-state index is 12.5. The molecule has 1 aromatic carbocycles. The van der Waals surface area contributed by atoms with E-state index in [9.17, 15) is 10.0 Å². The van der Waals surface area contributed by atoms with E-state index >= 15 is 0 Å². The van der Waals surface area contributed by atoms with Crippen molar-refractivity contribution in [2.24, 2.45) is 0 Å². The Kier molecular flexibility index (Phi) is 8.51. The van der Waals surface area contributed by atoms with Crippen LogP contribution in [0.25, 0.3) is 6.08 Å². The molecule has 0 amide bonds. The number of hydrogen-bond donors (Lipinski definition) is 2. The van der Waals surface area contributed by atoms with Crippen molar-refractivity contribution in [3.05, 3.63) is 103 Å². The highest BCUT2D eigenvalue weighted by Gasteiger charge is 2.27. The number of methoxy groups -OCH3 is 1. The van der Waals surface area contributed by atoms with Crippen molar-refractivity contribution in [3.63, 3.8) is 0 Å². The van der Waals surface area contributed by atoms with E-state index in [-0.39, 0.29) is 23.2 Å². The second-order valence-corrected chi connectivity index (χ2v) is 9.03. The molecule has 3 rings (SSSR count). The zero-order valence-electron chi connectivity index (χ0n) is 21.1. The van der Waals surface area contributed by atoms with Gasteiger partial charge in [0.05, 0.1) is 18.9 Å². The van der Waals surface area contributed by atoms with Crippen molar-refractivity contribution in [2.75, 3.05) is 7.11 Å². The first-order valence-electron chi connectivity index (χ1n) is 11.5. The van der Waals surface area contributed by atoms with E-state index < -0.39 is 5.23 Å². The van der Waals surface area contributed by atoms with Gasteiger partial charge < -0.3 is 19.1 Å². The van der Waals surface area contributed by atoms with E-state index in [2.05, 4.69) is 32.1 Å². The molecule has 2 atom stereocenters. The van der Waals surface area contributed by atoms with Crippen LogP contribution in [0.1, 0.15) is 62.2 Å². The molecule has 0 aliphatic carbocycles. The highest BCUT2D eigenvalue weighted by molar-refractivity contribution is 5.55. The lowest BCUT2D eigenvalue weighted by Gasteiger charge is -2.14. The normalized spacial score (nSPS) is 17.8. The number of hydrogen-bond acceptors (Lipinski definition) is 6. The van der Waals surface area contributed by atoms with Gasteiger partial charge in [0.2, 0.25) is 0 Å². The van der Waals surface area contributed by atoms with Crippen LogP contribution in [0.2, 0.25) is 0 Å². The summed E-state index contributed by atoms with van der Waals surface area (Å²) in [6.07, 6.45) is 9.04. The molecule has 7 heteroatoms. The Labute approximate surface area is 205 Å². The molecule has 0 radical (unpaired) electrons. The molecule has 0 bridgehead atoms. The standard InChI is InChI=1S/C28H33NO6/c1-17(11-18(2)13-22-7-9-24(10-8-22)29(31)32)12-19(3)14-23-15-25(34-16-23)27-20(4)26(30)21(5)28(33-6)35-27/h7-10,12-14,16,25,29,31H,11,15H2,1-6H3/b17-12-,18-13+,19-14-/t25-/m0/s1. The predicted octanol–water partition coefficient (Wildman–Crippen LogP) is 5.40. The molecule has 0 fully saturated rings. The minimum Gasteiger partial charge on any atom is -0.595 e. The number of rotatable bonds is 8. The first kappa shape index (κ1) is 26.2. The molecule has 0 saturated carbocycles. The largest absolute Gasteiger partial charge is 0.595 e. The molecule has 1 aliphatic rings. The van der Waals surface area contributed by atoms with E-state index in [1.165, 1.54) is 18.3 Å². The number of benzene rings is 1. The van der Waals surface area contributed by atoms with Crippen molar-refractivity contribution in [1.82, 2.24) is 0 Å². The first-order valence-corrected chi connectivity index (χ1v) is 11.5. The molecule has 1 unspecified atom stereocenters. The van der Waals surface area contributed by atoms with Gasteiger partial charge in [-0.3, -0.25) is 4.79 Å². The van der Waals surface area contributed by atoms with Crippen LogP contribution in [0.4, 0.5) is 5.69 Å². The van der Waals surface area contributed by atoms with Crippen LogP contribution in [0, 0.1) is 19.1 Å². The molecule has 186 valence electrons. The summed E-state index contributed by atoms with van der Waals surface area (Å²) in [6, 6.07) is 6.85. The Hall–Kier alpha value is -3.39. The summed E-state index contributed by atoms with van der Waals surface area (Å²) in [5, 5.41) is 19.1. The second-order valence-electron chi connectivity index (χ2n) is 9.03. The van der Waals surface area contributed by atoms with Crippen molar-refractivity contribution in [2.45, 2.75) is 53.6 Å². The van der Waals surface area contributed by atoms with Crippen molar-refractivity contribution in [1.29, 1.82) is 0 Å². The average Bonchev–Trinajstić information content (AvgIpc) is 3.25. The Morgan fingerprint density at radius 3 is 2.46 bits per heavy atom. The minimum atomic E-state index is -0.925. The third kappa shape index (κ3) is 6.60. The zero-order valence-corrected chi connectivity index (χ0v) is 21.1. The number of nitrogens with one attached hydrogen (secondary N) is 1. The number of allylic oxidation sites excluding steroid dienone is 5. The predicted molar refractivity (Wildman–Crippen MR) is 136 cm³/mol. The molecule has 2 heterocycles. The molecule has 7 nitrogen and oxygen atoms in total. The Morgan fingerprint density at radius 1 is 1.14 bits per heavy atom. The zero-order chi connectivity index (χ0) is 25.7. The smallest absolute Gasteiger partial charge is 0.291 e. The Morgan fingerprint density at radius 2 is 1.83 bits per heavy atom. The third-order valence-corrected chi connectivity index (χ3v) is 5.86. The molecule has 35 heavy (non-hydrogen) atoms. The molecule has 0 spiro atoms. The van der Waals surface area contributed by atoms with Crippen LogP contribution in [0.15, 0.2) is 74.2 Å². The van der Waals surface area contributed by atoms with Gasteiger partial charge in [-0.05, 0) is 64.3 Å². The SMILES string of the molecule is COc1oc([C@@H]2CC(/C=C(C)\C=C(\C)C/C(C)=C/c3ccc([NH+]([O-])O)cc3)=CO2)c(C)c(=O)c1C. The summed E-state index contributed by atoms with van der Waals surface area (Å²) in [5.74, 6) is 0.720. The summed E-state index contributed by atoms with van der Waals surface area (Å²) >= 11 is 0. The van der Waals surface area contributed by atoms with Gasteiger partial charge in [0.15, 0.2) is 23.0 Å². The van der Waals surface area contributed by atoms with E-state index in [4.69, 9.17) is 19.1 Å². The van der Waals surface area contributed by atoms with Gasteiger partial charge in [0.25, 0.3) is 5.95 Å². The van der Waals surface area contributed by atoms with Gasteiger partial charge in [-0.15, -0.1) is 0 Å². The van der Waals surface area contributed by atoms with Gasteiger partial charge >= 0.3 is 0 Å². The lowest BCUT2D eigenvalue weighted by atomic mass is 10.0. The maximum atomic E-state index is 12.5. The molecular formula is C28H33NO6. The summed E-state index contributed by atoms with van der Waals surface area (Å²) in [4.78, 5) is 12.5. The van der Waals surface area contributed by atoms with Gasteiger partial charge in [0.1, 0.15) is 0 Å². The number of ether oxygens (including phenoxy) is 2. The molecule has 2 N–H and O–H groups in total. The average molecular weight is 480 g/mol. The topological polar surface area (TPSA) is 96.4 Å². The summed E-state index contributed by atoms with van der Waals surface area (Å²) in [6.45, 7) is 9.63. The van der Waals surface area contributed by atoms with Gasteiger partial charge in [0, 0.05) is 24.1 Å². The maximum Gasteiger partial charge on any atom is 0.291 e. The van der Waals surface area contributed by atoms with Gasteiger partial charge in [-0.2, -0.15) is 5.23 Å². The molecule has 1 aliphatic heterocycles. The number of quaternary nitrogens is 1. The third-order valence-electron chi connectivity index (χ3n) is 5.86. The highest BCUT2D eigenvalue weighted by Crippen LogP contribution is 2.35. The van der Waals surface area contributed by atoms with Crippen LogP contribution >= 0.6 is 0 Å². The van der Waals surface area contributed by atoms with Crippen LogP contribution in [-0.4, -0.2) is 12.3 Å². The van der Waals surface area contributed by atoms with Gasteiger partial charge in [-0.1, -0.05) is 34.9 Å². The van der Waals surface area contributed by atoms with E-state index in [1.54, 1.807) is 32.2 Å². The fourth-order valence-electron chi connectivity index (χ4n) is 4.24. The fraction of sp³-hybridized carbons (Fsp3) is 0.321. The van der Waals surface area contributed by atoms with Crippen molar-refractivity contribution >= 4 is 11.8 Å². The Bertz CT molecular complexity index is 1250. The molecule has 2 aromatic rings. The van der Waals surface area contributed by atoms with Crippen molar-refractivity contribution in [3.8, 4) is 5.95 Å². The van der Waals surface area contributed by atoms with Crippen molar-refractivity contribution < 1.29 is 24.3 Å². The van der Waals surface area contributed by atoms with E-state index in [0.29, 0.717) is 23.3 Å². The summed E-state index contributed by atoms with van der Waals surface area (Å²) < 4.78 is 16.9. The summed E-state index contributed by atoms with van der Waals surface area (Å²) in [5.41, 5.74) is 6.65. The monoisotopic (exact) mass is 479 g/mol. The van der Waals surface area contributed by atoms with Gasteiger partial charge in [-0.25, -0.2) is 5.21 Å². The Balaban J connectivity index is 1.65. The molecule has 1 aromatic heterocycles. The molecular weight excluding hydrogens is 446 g/mol. The second kappa shape index (κ2) is 11.4. The van der Waals surface area contributed by atoms with Crippen LogP contribution < -0.4 is 15.4 Å². The van der Waals surface area contributed by atoms with E-state index in [0.717, 1.165) is 23.1 Å². The lowest BCUT2D eigenvalue weighted by molar-refractivity contribution is -0.991. The van der Waals surface area contributed by atoms with Crippen LogP contribution in [-0.2, 0) is 4.74 Å². The molecule has 0 saturated heterocycles. The van der Waals surface area contributed by atoms with Crippen LogP contribution in [0.5, 0.6) is 5.95 Å².